The van der Waals surface area contributed by atoms with E-state index in [1.54, 1.807) is 14.2 Å². The van der Waals surface area contributed by atoms with Crippen LogP contribution in [0.3, 0.4) is 0 Å². The third-order valence-corrected chi connectivity index (χ3v) is 2.56. The van der Waals surface area contributed by atoms with Crippen LogP contribution in [0.4, 0.5) is 0 Å². The molecule has 3 heteroatoms. The minimum atomic E-state index is 0.844. The van der Waals surface area contributed by atoms with Gasteiger partial charge in [0, 0.05) is 26.8 Å². The van der Waals surface area contributed by atoms with Crippen molar-refractivity contribution in [2.75, 3.05) is 33.9 Å². The Kier molecular flexibility index (Phi) is 4.58. The van der Waals surface area contributed by atoms with E-state index >= 15 is 0 Å². The van der Waals surface area contributed by atoms with Crippen LogP contribution in [0.25, 0.3) is 0 Å². The van der Waals surface area contributed by atoms with Crippen LogP contribution in [0.2, 0.25) is 0 Å². The maximum absolute atomic E-state index is 5.15. The molecule has 3 nitrogen and oxygen atoms in total. The maximum atomic E-state index is 5.15. The van der Waals surface area contributed by atoms with Crippen molar-refractivity contribution in [3.05, 3.63) is 0 Å². The molecule has 1 heterocycles. The molecule has 1 aliphatic rings. The fraction of sp³-hybridized carbons (Fsp3) is 1.00. The van der Waals surface area contributed by atoms with E-state index in [2.05, 4.69) is 0 Å². The lowest BCUT2D eigenvalue weighted by Crippen LogP contribution is -2.33. The molecule has 1 fully saturated rings. The van der Waals surface area contributed by atoms with Gasteiger partial charge in [-0.15, -0.1) is 0 Å². The Morgan fingerprint density at radius 1 is 1.25 bits per heavy atom. The summed E-state index contributed by atoms with van der Waals surface area (Å²) in [5.74, 6) is 0.844. The van der Waals surface area contributed by atoms with Gasteiger partial charge in [-0.2, -0.15) is 5.06 Å². The van der Waals surface area contributed by atoms with Crippen LogP contribution in [0.1, 0.15) is 19.3 Å². The van der Waals surface area contributed by atoms with Crippen molar-refractivity contribution in [2.45, 2.75) is 19.3 Å². The molecule has 0 radical (unpaired) electrons. The van der Waals surface area contributed by atoms with Crippen LogP contribution >= 0.6 is 0 Å². The van der Waals surface area contributed by atoms with E-state index in [0.717, 1.165) is 25.6 Å². The van der Waals surface area contributed by atoms with Crippen molar-refractivity contribution in [3.8, 4) is 0 Å². The number of nitrogens with zero attached hydrogens (tertiary/aromatic N) is 1. The number of piperidine rings is 1. The minimum absolute atomic E-state index is 0.844. The Labute approximate surface area is 74.6 Å². The predicted octanol–water partition coefficient (Wildman–Crippen LogP) is 1.30. The zero-order valence-corrected chi connectivity index (χ0v) is 8.08. The molecular weight excluding hydrogens is 154 g/mol. The molecule has 0 aromatic rings. The number of ether oxygens (including phenoxy) is 1. The molecule has 1 aliphatic heterocycles. The van der Waals surface area contributed by atoms with Crippen LogP contribution in [-0.4, -0.2) is 39.0 Å². The fourth-order valence-electron chi connectivity index (χ4n) is 1.67. The summed E-state index contributed by atoms with van der Waals surface area (Å²) in [5.41, 5.74) is 0. The summed E-state index contributed by atoms with van der Waals surface area (Å²) in [5, 5.41) is 2.03. The zero-order valence-electron chi connectivity index (χ0n) is 8.08. The molecule has 0 N–H and O–H groups in total. The van der Waals surface area contributed by atoms with Crippen molar-refractivity contribution in [2.24, 2.45) is 5.92 Å². The average Bonchev–Trinajstić information content (AvgIpc) is 2.15. The lowest BCUT2D eigenvalue weighted by molar-refractivity contribution is -0.148. The van der Waals surface area contributed by atoms with E-state index in [1.165, 1.54) is 19.3 Å². The molecule has 0 amide bonds. The molecule has 0 aromatic heterocycles. The Balaban J connectivity index is 2.09. The first-order valence-electron chi connectivity index (χ1n) is 4.64. The highest BCUT2D eigenvalue weighted by atomic mass is 16.7. The highest BCUT2D eigenvalue weighted by Crippen LogP contribution is 2.19. The molecule has 0 saturated carbocycles. The van der Waals surface area contributed by atoms with Gasteiger partial charge in [0.1, 0.15) is 0 Å². The van der Waals surface area contributed by atoms with Gasteiger partial charge in [0.15, 0.2) is 0 Å². The van der Waals surface area contributed by atoms with Gasteiger partial charge in [0.05, 0.1) is 7.11 Å². The molecule has 72 valence electrons. The molecule has 0 spiro atoms. The second kappa shape index (κ2) is 5.51. The Morgan fingerprint density at radius 3 is 2.42 bits per heavy atom. The van der Waals surface area contributed by atoms with E-state index in [9.17, 15) is 0 Å². The quantitative estimate of drug-likeness (QED) is 0.639. The van der Waals surface area contributed by atoms with Gasteiger partial charge >= 0.3 is 0 Å². The average molecular weight is 173 g/mol. The number of methoxy groups -OCH3 is 1. The zero-order chi connectivity index (χ0) is 8.81. The van der Waals surface area contributed by atoms with Gasteiger partial charge in [-0.25, -0.2) is 0 Å². The molecule has 1 saturated heterocycles. The smallest absolute Gasteiger partial charge is 0.0575 e. The minimum Gasteiger partial charge on any atom is -0.385 e. The summed E-state index contributed by atoms with van der Waals surface area (Å²) in [7, 11) is 3.51. The second-order valence-electron chi connectivity index (χ2n) is 3.34. The first kappa shape index (κ1) is 9.96. The standard InChI is InChI=1S/C9H19NO2/c1-11-8-5-9-3-6-10(12-2)7-4-9/h9H,3-8H2,1-2H3. The lowest BCUT2D eigenvalue weighted by Gasteiger charge is -2.29. The Hall–Kier alpha value is -0.120. The number of rotatable bonds is 4. The summed E-state index contributed by atoms with van der Waals surface area (Å²) in [4.78, 5) is 5.15. The SMILES string of the molecule is COCCC1CCN(OC)CC1. The van der Waals surface area contributed by atoms with Crippen LogP contribution < -0.4 is 0 Å². The Bertz CT molecular complexity index is 111. The summed E-state index contributed by atoms with van der Waals surface area (Å²) in [6.07, 6.45) is 3.70. The van der Waals surface area contributed by atoms with E-state index in [0.29, 0.717) is 0 Å². The Morgan fingerprint density at radius 2 is 1.92 bits per heavy atom. The van der Waals surface area contributed by atoms with Gasteiger partial charge in [0.25, 0.3) is 0 Å². The van der Waals surface area contributed by atoms with Crippen LogP contribution in [-0.2, 0) is 9.57 Å². The van der Waals surface area contributed by atoms with E-state index in [4.69, 9.17) is 9.57 Å². The van der Waals surface area contributed by atoms with Gasteiger partial charge < -0.3 is 9.57 Å². The monoisotopic (exact) mass is 173 g/mol. The van der Waals surface area contributed by atoms with Crippen molar-refractivity contribution < 1.29 is 9.57 Å². The molecule has 1 rings (SSSR count). The third-order valence-electron chi connectivity index (χ3n) is 2.56. The maximum Gasteiger partial charge on any atom is 0.0575 e. The van der Waals surface area contributed by atoms with Crippen LogP contribution in [0.5, 0.6) is 0 Å². The second-order valence-corrected chi connectivity index (χ2v) is 3.34. The van der Waals surface area contributed by atoms with Crippen molar-refractivity contribution >= 4 is 0 Å². The van der Waals surface area contributed by atoms with E-state index in [1.807, 2.05) is 5.06 Å². The number of hydrogen-bond acceptors (Lipinski definition) is 3. The first-order valence-corrected chi connectivity index (χ1v) is 4.64. The van der Waals surface area contributed by atoms with Crippen molar-refractivity contribution in [3.63, 3.8) is 0 Å². The van der Waals surface area contributed by atoms with Gasteiger partial charge in [-0.3, -0.25) is 0 Å². The van der Waals surface area contributed by atoms with Crippen LogP contribution in [0.15, 0.2) is 0 Å². The highest BCUT2D eigenvalue weighted by molar-refractivity contribution is 4.67. The van der Waals surface area contributed by atoms with Gasteiger partial charge in [-0.05, 0) is 25.2 Å². The predicted molar refractivity (Wildman–Crippen MR) is 47.8 cm³/mol. The highest BCUT2D eigenvalue weighted by Gasteiger charge is 2.18. The molecular formula is C9H19NO2. The largest absolute Gasteiger partial charge is 0.385 e. The molecule has 0 bridgehead atoms. The first-order chi connectivity index (χ1) is 5.86. The van der Waals surface area contributed by atoms with Crippen molar-refractivity contribution in [1.29, 1.82) is 0 Å². The molecule has 0 atom stereocenters. The van der Waals surface area contributed by atoms with Gasteiger partial charge in [0.2, 0.25) is 0 Å². The fourth-order valence-corrected chi connectivity index (χ4v) is 1.67. The number of hydroxylamine groups is 2. The molecule has 0 aromatic carbocycles. The summed E-state index contributed by atoms with van der Waals surface area (Å²) >= 11 is 0. The van der Waals surface area contributed by atoms with Gasteiger partial charge in [-0.1, -0.05) is 0 Å². The lowest BCUT2D eigenvalue weighted by atomic mass is 9.95. The molecule has 0 aliphatic carbocycles. The summed E-state index contributed by atoms with van der Waals surface area (Å²) in [6, 6.07) is 0. The topological polar surface area (TPSA) is 21.7 Å². The summed E-state index contributed by atoms with van der Waals surface area (Å²) < 4.78 is 5.05. The van der Waals surface area contributed by atoms with Crippen LogP contribution in [0, 0.1) is 5.92 Å². The van der Waals surface area contributed by atoms with E-state index < -0.39 is 0 Å². The normalized spacial score (nSPS) is 21.5. The third kappa shape index (κ3) is 3.09. The molecule has 0 unspecified atom stereocenters. The van der Waals surface area contributed by atoms with Crippen molar-refractivity contribution in [1.82, 2.24) is 5.06 Å². The number of hydrogen-bond donors (Lipinski definition) is 0. The van der Waals surface area contributed by atoms with E-state index in [-0.39, 0.29) is 0 Å². The summed E-state index contributed by atoms with van der Waals surface area (Å²) in [6.45, 7) is 3.05. The molecule has 12 heavy (non-hydrogen) atoms.